The minimum atomic E-state index is -0.0925. The zero-order valence-electron chi connectivity index (χ0n) is 11.3. The lowest BCUT2D eigenvalue weighted by molar-refractivity contribution is 0.246. The van der Waals surface area contributed by atoms with Gasteiger partial charge in [-0.05, 0) is 30.7 Å². The summed E-state index contributed by atoms with van der Waals surface area (Å²) in [5.41, 5.74) is 2.88. The highest BCUT2D eigenvalue weighted by Crippen LogP contribution is 2.31. The Morgan fingerprint density at radius 2 is 1.55 bits per heavy atom. The lowest BCUT2D eigenvalue weighted by Gasteiger charge is -2.34. The highest BCUT2D eigenvalue weighted by atomic mass is 16.2. The summed E-state index contributed by atoms with van der Waals surface area (Å²) in [4.78, 5) is 14.1. The quantitative estimate of drug-likeness (QED) is 0.877. The van der Waals surface area contributed by atoms with Gasteiger partial charge in [0, 0.05) is 11.4 Å². The number of allylic oxidation sites excluding steroid dienone is 1. The topological polar surface area (TPSA) is 32.3 Å². The molecule has 1 unspecified atom stereocenters. The standard InChI is InChI=1S/C17H16N2O/c1-13-12-16(14-8-4-2-5-9-14)19(17(20)18-13)15-10-6-3-7-11-15/h2-12,16H,1H3,(H,18,20). The van der Waals surface area contributed by atoms with Crippen molar-refractivity contribution >= 4 is 11.7 Å². The molecule has 3 nitrogen and oxygen atoms in total. The van der Waals surface area contributed by atoms with Crippen molar-refractivity contribution in [1.29, 1.82) is 0 Å². The first-order valence-electron chi connectivity index (χ1n) is 6.64. The van der Waals surface area contributed by atoms with Gasteiger partial charge >= 0.3 is 6.03 Å². The van der Waals surface area contributed by atoms with Gasteiger partial charge in [0.2, 0.25) is 0 Å². The lowest BCUT2D eigenvalue weighted by atomic mass is 10.0. The third-order valence-corrected chi connectivity index (χ3v) is 3.38. The number of urea groups is 1. The van der Waals surface area contributed by atoms with E-state index in [1.165, 1.54) is 0 Å². The van der Waals surface area contributed by atoms with Crippen LogP contribution in [0.2, 0.25) is 0 Å². The molecule has 1 atom stereocenters. The van der Waals surface area contributed by atoms with Crippen LogP contribution in [0, 0.1) is 0 Å². The molecular weight excluding hydrogens is 248 g/mol. The molecule has 3 rings (SSSR count). The molecule has 0 bridgehead atoms. The Balaban J connectivity index is 2.08. The van der Waals surface area contributed by atoms with Crippen LogP contribution < -0.4 is 10.2 Å². The van der Waals surface area contributed by atoms with E-state index in [4.69, 9.17) is 0 Å². The maximum atomic E-state index is 12.4. The summed E-state index contributed by atoms with van der Waals surface area (Å²) in [6.45, 7) is 1.91. The van der Waals surface area contributed by atoms with Crippen molar-refractivity contribution in [2.45, 2.75) is 13.0 Å². The zero-order valence-corrected chi connectivity index (χ0v) is 11.3. The molecule has 2 aromatic carbocycles. The molecule has 0 saturated carbocycles. The summed E-state index contributed by atoms with van der Waals surface area (Å²) in [5, 5.41) is 2.88. The molecule has 0 aliphatic carbocycles. The number of rotatable bonds is 2. The Morgan fingerprint density at radius 1 is 0.950 bits per heavy atom. The first-order valence-corrected chi connectivity index (χ1v) is 6.64. The number of nitrogens with zero attached hydrogens (tertiary/aromatic N) is 1. The van der Waals surface area contributed by atoms with Crippen molar-refractivity contribution in [2.75, 3.05) is 4.90 Å². The van der Waals surface area contributed by atoms with Crippen molar-refractivity contribution in [1.82, 2.24) is 5.32 Å². The molecule has 3 heteroatoms. The van der Waals surface area contributed by atoms with Crippen LogP contribution in [-0.2, 0) is 0 Å². The summed E-state index contributed by atoms with van der Waals surface area (Å²) < 4.78 is 0. The number of anilines is 1. The predicted octanol–water partition coefficient (Wildman–Crippen LogP) is 3.86. The van der Waals surface area contributed by atoms with E-state index < -0.39 is 0 Å². The van der Waals surface area contributed by atoms with Crippen molar-refractivity contribution < 1.29 is 4.79 Å². The second kappa shape index (κ2) is 5.21. The van der Waals surface area contributed by atoms with Crippen molar-refractivity contribution in [2.24, 2.45) is 0 Å². The fourth-order valence-electron chi connectivity index (χ4n) is 2.47. The van der Waals surface area contributed by atoms with E-state index in [0.717, 1.165) is 16.9 Å². The smallest absolute Gasteiger partial charge is 0.312 e. The molecule has 1 heterocycles. The Kier molecular flexibility index (Phi) is 3.25. The molecular formula is C17H16N2O. The molecule has 1 aliphatic heterocycles. The van der Waals surface area contributed by atoms with Gasteiger partial charge in [0.15, 0.2) is 0 Å². The summed E-state index contributed by atoms with van der Waals surface area (Å²) in [6.07, 6.45) is 2.07. The van der Waals surface area contributed by atoms with Gasteiger partial charge in [-0.3, -0.25) is 4.90 Å². The minimum Gasteiger partial charge on any atom is -0.312 e. The van der Waals surface area contributed by atoms with Crippen LogP contribution in [0.3, 0.4) is 0 Å². The Labute approximate surface area is 118 Å². The monoisotopic (exact) mass is 264 g/mol. The predicted molar refractivity (Wildman–Crippen MR) is 80.4 cm³/mol. The second-order valence-corrected chi connectivity index (χ2v) is 4.84. The van der Waals surface area contributed by atoms with Gasteiger partial charge in [-0.2, -0.15) is 0 Å². The van der Waals surface area contributed by atoms with Gasteiger partial charge in [-0.1, -0.05) is 48.5 Å². The molecule has 100 valence electrons. The summed E-state index contributed by atoms with van der Waals surface area (Å²) in [5.74, 6) is 0. The SMILES string of the molecule is CC1=CC(c2ccccc2)N(c2ccccc2)C(=O)N1. The number of hydrogen-bond acceptors (Lipinski definition) is 1. The van der Waals surface area contributed by atoms with Gasteiger partial charge in [0.05, 0.1) is 6.04 Å². The molecule has 2 aromatic rings. The Hall–Kier alpha value is -2.55. The number of amides is 2. The summed E-state index contributed by atoms with van der Waals surface area (Å²) >= 11 is 0. The maximum absolute atomic E-state index is 12.4. The fraction of sp³-hybridized carbons (Fsp3) is 0.118. The molecule has 1 aliphatic rings. The van der Waals surface area contributed by atoms with Gasteiger partial charge in [0.25, 0.3) is 0 Å². The number of para-hydroxylation sites is 1. The van der Waals surface area contributed by atoms with Crippen LogP contribution in [0.25, 0.3) is 0 Å². The molecule has 0 saturated heterocycles. The first kappa shape index (κ1) is 12.5. The van der Waals surface area contributed by atoms with E-state index in [0.29, 0.717) is 0 Å². The Morgan fingerprint density at radius 3 is 2.20 bits per heavy atom. The number of benzene rings is 2. The van der Waals surface area contributed by atoms with E-state index in [9.17, 15) is 4.79 Å². The van der Waals surface area contributed by atoms with Gasteiger partial charge < -0.3 is 5.32 Å². The molecule has 0 radical (unpaired) electrons. The largest absolute Gasteiger partial charge is 0.326 e. The minimum absolute atomic E-state index is 0.0765. The first-order chi connectivity index (χ1) is 9.75. The summed E-state index contributed by atoms with van der Waals surface area (Å²) in [6, 6.07) is 19.6. The number of nitrogens with one attached hydrogen (secondary N) is 1. The van der Waals surface area contributed by atoms with Crippen LogP contribution in [0.1, 0.15) is 18.5 Å². The van der Waals surface area contributed by atoms with Gasteiger partial charge in [-0.25, -0.2) is 4.79 Å². The highest BCUT2D eigenvalue weighted by molar-refractivity contribution is 5.95. The second-order valence-electron chi connectivity index (χ2n) is 4.84. The van der Waals surface area contributed by atoms with E-state index in [-0.39, 0.29) is 12.1 Å². The number of hydrogen-bond donors (Lipinski definition) is 1. The highest BCUT2D eigenvalue weighted by Gasteiger charge is 2.28. The third-order valence-electron chi connectivity index (χ3n) is 3.38. The van der Waals surface area contributed by atoms with Crippen molar-refractivity contribution in [3.8, 4) is 0 Å². The van der Waals surface area contributed by atoms with E-state index in [1.807, 2.05) is 67.6 Å². The molecule has 0 aromatic heterocycles. The van der Waals surface area contributed by atoms with Gasteiger partial charge in [0.1, 0.15) is 0 Å². The fourth-order valence-corrected chi connectivity index (χ4v) is 2.47. The molecule has 1 N–H and O–H groups in total. The summed E-state index contributed by atoms with van der Waals surface area (Å²) in [7, 11) is 0. The van der Waals surface area contributed by atoms with E-state index in [2.05, 4.69) is 11.4 Å². The van der Waals surface area contributed by atoms with E-state index >= 15 is 0 Å². The zero-order chi connectivity index (χ0) is 13.9. The molecule has 2 amide bonds. The van der Waals surface area contributed by atoms with Gasteiger partial charge in [-0.15, -0.1) is 0 Å². The van der Waals surface area contributed by atoms with Crippen LogP contribution in [0.4, 0.5) is 10.5 Å². The van der Waals surface area contributed by atoms with Crippen LogP contribution in [0.15, 0.2) is 72.4 Å². The third kappa shape index (κ3) is 2.30. The number of carbonyl (C=O) groups excluding carboxylic acids is 1. The molecule has 0 spiro atoms. The average molecular weight is 264 g/mol. The Bertz CT molecular complexity index is 635. The lowest BCUT2D eigenvalue weighted by Crippen LogP contribution is -2.45. The molecule has 0 fully saturated rings. The van der Waals surface area contributed by atoms with Crippen LogP contribution in [-0.4, -0.2) is 6.03 Å². The van der Waals surface area contributed by atoms with E-state index in [1.54, 1.807) is 4.90 Å². The normalized spacial score (nSPS) is 18.4. The van der Waals surface area contributed by atoms with Crippen LogP contribution in [0.5, 0.6) is 0 Å². The number of carbonyl (C=O) groups is 1. The van der Waals surface area contributed by atoms with Crippen molar-refractivity contribution in [3.05, 3.63) is 78.0 Å². The van der Waals surface area contributed by atoms with Crippen LogP contribution >= 0.6 is 0 Å². The molecule has 20 heavy (non-hydrogen) atoms. The average Bonchev–Trinajstić information content (AvgIpc) is 2.48. The van der Waals surface area contributed by atoms with Crippen molar-refractivity contribution in [3.63, 3.8) is 0 Å². The maximum Gasteiger partial charge on any atom is 0.326 e.